The molecule has 1 amide bonds. The number of ether oxygens (including phenoxy) is 2. The minimum absolute atomic E-state index is 0.00550. The van der Waals surface area contributed by atoms with Crippen LogP contribution in [-0.4, -0.2) is 60.1 Å². The quantitative estimate of drug-likeness (QED) is 0.123. The van der Waals surface area contributed by atoms with Gasteiger partial charge in [-0.05, 0) is 56.5 Å². The molecule has 4 rings (SSSR count). The predicted octanol–water partition coefficient (Wildman–Crippen LogP) is 5.16. The highest BCUT2D eigenvalue weighted by Gasteiger charge is 2.30. The number of amides is 1. The van der Waals surface area contributed by atoms with E-state index in [2.05, 4.69) is 36.5 Å². The summed E-state index contributed by atoms with van der Waals surface area (Å²) in [5.74, 6) is 4.23. The number of halogens is 1. The number of nitrogens with zero attached hydrogens (tertiary/aromatic N) is 3. The van der Waals surface area contributed by atoms with Crippen molar-refractivity contribution in [2.24, 2.45) is 0 Å². The van der Waals surface area contributed by atoms with Crippen LogP contribution < -0.4 is 0 Å². The van der Waals surface area contributed by atoms with Crippen LogP contribution in [0.25, 0.3) is 10.9 Å². The second-order valence-electron chi connectivity index (χ2n) is 12.0. The van der Waals surface area contributed by atoms with Gasteiger partial charge >= 0.3 is 5.97 Å². The number of pyridine rings is 1. The molecule has 0 bridgehead atoms. The number of esters is 1. The molecular weight excluding hydrogens is 529 g/mol. The van der Waals surface area contributed by atoms with Crippen LogP contribution in [-0.2, 0) is 32.1 Å². The molecule has 0 radical (unpaired) electrons. The van der Waals surface area contributed by atoms with E-state index in [1.807, 2.05) is 10.8 Å². The molecule has 0 atom stereocenters. The third-order valence-corrected chi connectivity index (χ3v) is 7.97. The van der Waals surface area contributed by atoms with Gasteiger partial charge in [0.2, 0.25) is 0 Å². The largest absolute Gasteiger partial charge is 0.450 e. The smallest absolute Gasteiger partial charge is 0.385 e. The van der Waals surface area contributed by atoms with E-state index in [9.17, 15) is 14.0 Å². The lowest BCUT2D eigenvalue weighted by atomic mass is 9.99. The first-order valence-corrected chi connectivity index (χ1v) is 17.0. The van der Waals surface area contributed by atoms with Gasteiger partial charge in [0.1, 0.15) is 17.1 Å². The van der Waals surface area contributed by atoms with Gasteiger partial charge in [-0.2, -0.15) is 0 Å². The summed E-state index contributed by atoms with van der Waals surface area (Å²) in [7, 11) is -1.22. The van der Waals surface area contributed by atoms with Crippen LogP contribution in [0.4, 0.5) is 4.39 Å². The van der Waals surface area contributed by atoms with E-state index in [-0.39, 0.29) is 24.2 Å². The number of aromatic nitrogens is 2. The third kappa shape index (κ3) is 7.56. The first-order chi connectivity index (χ1) is 18.8. The molecule has 3 aromatic rings. The van der Waals surface area contributed by atoms with Crippen molar-refractivity contribution in [3.8, 4) is 11.8 Å². The number of carbonyl (C=O) groups excluding carboxylic acids is 2. The molecule has 0 unspecified atom stereocenters. The molecule has 0 spiro atoms. The normalized spacial score (nSPS) is 13.7. The average molecular weight is 566 g/mol. The molecule has 40 heavy (non-hydrogen) atoms. The summed E-state index contributed by atoms with van der Waals surface area (Å²) < 4.78 is 26.4. The fourth-order valence-corrected chi connectivity index (χ4v) is 5.06. The first-order valence-electron chi connectivity index (χ1n) is 13.3. The SMILES string of the molecule is CC(C)(C)OC(=O)C#Cc1cn(Cc2ccc(F)cc2)c2cnc3c(c12)CCN(OCOCC[Si](C)(C)C)C3=O. The molecule has 1 aliphatic rings. The Morgan fingerprint density at radius 1 is 1.18 bits per heavy atom. The highest BCUT2D eigenvalue weighted by Crippen LogP contribution is 2.30. The van der Waals surface area contributed by atoms with Crippen LogP contribution in [0.15, 0.2) is 36.7 Å². The van der Waals surface area contributed by atoms with Crippen LogP contribution in [0.1, 0.15) is 48.0 Å². The second kappa shape index (κ2) is 11.9. The van der Waals surface area contributed by atoms with Gasteiger partial charge in [-0.1, -0.05) is 37.7 Å². The molecule has 0 saturated heterocycles. The summed E-state index contributed by atoms with van der Waals surface area (Å²) in [4.78, 5) is 35.8. The van der Waals surface area contributed by atoms with Gasteiger partial charge < -0.3 is 14.0 Å². The van der Waals surface area contributed by atoms with Crippen molar-refractivity contribution in [2.75, 3.05) is 19.9 Å². The molecule has 2 aromatic heterocycles. The fraction of sp³-hybridized carbons (Fsp3) is 0.433. The van der Waals surface area contributed by atoms with Crippen molar-refractivity contribution in [3.63, 3.8) is 0 Å². The zero-order chi connectivity index (χ0) is 29.1. The monoisotopic (exact) mass is 565 g/mol. The van der Waals surface area contributed by atoms with Gasteiger partial charge in [0.05, 0.1) is 23.8 Å². The van der Waals surface area contributed by atoms with Crippen LogP contribution in [0.5, 0.6) is 0 Å². The lowest BCUT2D eigenvalue weighted by molar-refractivity contribution is -0.195. The number of hydroxylamine groups is 2. The molecule has 1 aromatic carbocycles. The zero-order valence-electron chi connectivity index (χ0n) is 24.0. The Balaban J connectivity index is 1.63. The molecule has 0 saturated carbocycles. The van der Waals surface area contributed by atoms with Crippen molar-refractivity contribution in [1.29, 1.82) is 0 Å². The van der Waals surface area contributed by atoms with Gasteiger partial charge in [0.25, 0.3) is 5.91 Å². The van der Waals surface area contributed by atoms with Crippen molar-refractivity contribution in [3.05, 3.63) is 64.9 Å². The molecule has 0 aliphatic carbocycles. The Kier molecular flexibility index (Phi) is 8.78. The van der Waals surface area contributed by atoms with Crippen molar-refractivity contribution in [2.45, 2.75) is 65.0 Å². The number of hydrogen-bond donors (Lipinski definition) is 0. The van der Waals surface area contributed by atoms with Crippen LogP contribution in [0.2, 0.25) is 25.7 Å². The van der Waals surface area contributed by atoms with E-state index in [0.29, 0.717) is 31.7 Å². The molecule has 8 nitrogen and oxygen atoms in total. The third-order valence-electron chi connectivity index (χ3n) is 6.27. The number of carbonyl (C=O) groups is 2. The average Bonchev–Trinajstić information content (AvgIpc) is 3.21. The van der Waals surface area contributed by atoms with Crippen molar-refractivity contribution in [1.82, 2.24) is 14.6 Å². The second-order valence-corrected chi connectivity index (χ2v) is 17.6. The number of hydrogen-bond acceptors (Lipinski definition) is 6. The Labute approximate surface area is 235 Å². The maximum absolute atomic E-state index is 13.5. The Bertz CT molecular complexity index is 1460. The Morgan fingerprint density at radius 2 is 1.90 bits per heavy atom. The minimum Gasteiger partial charge on any atom is -0.450 e. The highest BCUT2D eigenvalue weighted by atomic mass is 28.3. The van der Waals surface area contributed by atoms with Crippen LogP contribution in [0.3, 0.4) is 0 Å². The van der Waals surface area contributed by atoms with E-state index in [0.717, 1.165) is 28.1 Å². The highest BCUT2D eigenvalue weighted by molar-refractivity contribution is 6.76. The summed E-state index contributed by atoms with van der Waals surface area (Å²) in [6.45, 7) is 13.5. The molecule has 3 heterocycles. The van der Waals surface area contributed by atoms with Gasteiger partial charge in [0.15, 0.2) is 6.79 Å². The summed E-state index contributed by atoms with van der Waals surface area (Å²) >= 11 is 0. The van der Waals surface area contributed by atoms with Gasteiger partial charge in [-0.3, -0.25) is 4.79 Å². The maximum atomic E-state index is 13.5. The van der Waals surface area contributed by atoms with Crippen molar-refractivity contribution >= 4 is 30.9 Å². The topological polar surface area (TPSA) is 82.9 Å². The summed E-state index contributed by atoms with van der Waals surface area (Å²) in [5.41, 5.74) is 2.58. The molecule has 1 aliphatic heterocycles. The van der Waals surface area contributed by atoms with Crippen LogP contribution >= 0.6 is 0 Å². The van der Waals surface area contributed by atoms with E-state index in [4.69, 9.17) is 14.3 Å². The summed E-state index contributed by atoms with van der Waals surface area (Å²) in [6.07, 6.45) is 3.94. The van der Waals surface area contributed by atoms with Gasteiger partial charge in [-0.15, -0.1) is 0 Å². The molecule has 0 fully saturated rings. The minimum atomic E-state index is -1.22. The predicted molar refractivity (Wildman–Crippen MR) is 153 cm³/mol. The molecular formula is C30H36FN3O5Si. The van der Waals surface area contributed by atoms with E-state index < -0.39 is 19.6 Å². The first kappa shape index (κ1) is 29.5. The van der Waals surface area contributed by atoms with E-state index in [1.165, 1.54) is 17.2 Å². The van der Waals surface area contributed by atoms with E-state index >= 15 is 0 Å². The Hall–Kier alpha value is -3.52. The molecule has 212 valence electrons. The fourth-order valence-electron chi connectivity index (χ4n) is 4.31. The standard InChI is InChI=1S/C30H36FN3O5Si/c1-30(2,3)39-26(35)12-9-22-19-33(18-21-7-10-23(31)11-8-21)25-17-32-28-24(27(22)25)13-14-34(29(28)36)38-20-37-15-16-40(4,5)6/h7-8,10-11,17,19H,13-16,18,20H2,1-6H3. The number of fused-ring (bicyclic) bond motifs is 3. The molecule has 10 heteroatoms. The van der Waals surface area contributed by atoms with Gasteiger partial charge in [-0.25, -0.2) is 24.1 Å². The molecule has 0 N–H and O–H groups in total. The van der Waals surface area contributed by atoms with Crippen molar-refractivity contribution < 1.29 is 28.3 Å². The lowest BCUT2D eigenvalue weighted by Crippen LogP contribution is -2.39. The number of rotatable bonds is 8. The maximum Gasteiger partial charge on any atom is 0.385 e. The van der Waals surface area contributed by atoms with Gasteiger partial charge in [0, 0.05) is 38.7 Å². The van der Waals surface area contributed by atoms with Crippen LogP contribution in [0, 0.1) is 17.7 Å². The van der Waals surface area contributed by atoms with E-state index in [1.54, 1.807) is 39.1 Å². The zero-order valence-corrected chi connectivity index (χ0v) is 25.0. The Morgan fingerprint density at radius 3 is 2.58 bits per heavy atom. The number of benzene rings is 1. The summed E-state index contributed by atoms with van der Waals surface area (Å²) in [6, 6.07) is 7.25. The summed E-state index contributed by atoms with van der Waals surface area (Å²) in [5, 5.41) is 2.04. The lowest BCUT2D eigenvalue weighted by Gasteiger charge is -2.27.